The fourth-order valence-electron chi connectivity index (χ4n) is 5.72. The number of pyridine rings is 1. The van der Waals surface area contributed by atoms with Gasteiger partial charge >= 0.3 is 0 Å². The number of H-pyrrole nitrogens is 1. The standard InChI is InChI=1S/C29H33N5O4S2/c1-18-4-10-39-26(18)13-19(2)31-23-3-5-30-28(35)27(23)25-15-20-14-22-21(16-24(20)32-25)17-34(29(22)36)7-6-33-8-11-40(37,38)12-9-33/h3-5,10,14,16,19H,6-9,11-13,15,17H2,1-2H3,(H2,30,31,35)/t19-/m0/s1. The Labute approximate surface area is 237 Å². The third-order valence-electron chi connectivity index (χ3n) is 8.03. The number of aryl methyl sites for hydroxylation is 1. The van der Waals surface area contributed by atoms with Gasteiger partial charge in [0.05, 0.1) is 34.2 Å². The van der Waals surface area contributed by atoms with Gasteiger partial charge in [-0.3, -0.25) is 19.5 Å². The fraction of sp³-hybridized carbons (Fsp3) is 0.414. The average Bonchev–Trinajstić information content (AvgIpc) is 3.59. The highest BCUT2D eigenvalue weighted by Crippen LogP contribution is 2.36. The molecular weight excluding hydrogens is 546 g/mol. The molecule has 40 heavy (non-hydrogen) atoms. The minimum absolute atomic E-state index is 0.00603. The van der Waals surface area contributed by atoms with E-state index < -0.39 is 9.84 Å². The molecule has 0 aliphatic carbocycles. The Hall–Kier alpha value is -3.28. The van der Waals surface area contributed by atoms with Gasteiger partial charge in [0.1, 0.15) is 0 Å². The number of amides is 1. The molecular formula is C29H33N5O4S2. The molecule has 3 aliphatic rings. The first-order valence-electron chi connectivity index (χ1n) is 13.6. The Morgan fingerprint density at radius 1 is 1.12 bits per heavy atom. The van der Waals surface area contributed by atoms with Crippen LogP contribution in [0.4, 0.5) is 11.4 Å². The fourth-order valence-corrected chi connectivity index (χ4v) is 8.03. The summed E-state index contributed by atoms with van der Waals surface area (Å²) in [6, 6.07) is 8.06. The van der Waals surface area contributed by atoms with Crippen LogP contribution in [0.25, 0.3) is 0 Å². The van der Waals surface area contributed by atoms with Gasteiger partial charge in [-0.2, -0.15) is 0 Å². The number of thiophene rings is 1. The first-order valence-corrected chi connectivity index (χ1v) is 16.3. The summed E-state index contributed by atoms with van der Waals surface area (Å²) in [6.07, 6.45) is 3.01. The lowest BCUT2D eigenvalue weighted by atomic mass is 10.00. The summed E-state index contributed by atoms with van der Waals surface area (Å²) < 4.78 is 23.4. The van der Waals surface area contributed by atoms with Crippen LogP contribution in [0, 0.1) is 6.92 Å². The van der Waals surface area contributed by atoms with E-state index >= 15 is 0 Å². The van der Waals surface area contributed by atoms with Crippen LogP contribution in [0.2, 0.25) is 0 Å². The smallest absolute Gasteiger partial charge is 0.259 e. The van der Waals surface area contributed by atoms with Crippen LogP contribution in [0.5, 0.6) is 0 Å². The molecule has 1 fully saturated rings. The zero-order valence-electron chi connectivity index (χ0n) is 22.7. The van der Waals surface area contributed by atoms with Crippen molar-refractivity contribution in [1.82, 2.24) is 14.8 Å². The van der Waals surface area contributed by atoms with Crippen molar-refractivity contribution in [3.05, 3.63) is 78.9 Å². The van der Waals surface area contributed by atoms with Gasteiger partial charge in [-0.15, -0.1) is 11.3 Å². The molecule has 0 unspecified atom stereocenters. The van der Waals surface area contributed by atoms with Crippen molar-refractivity contribution in [3.63, 3.8) is 0 Å². The molecule has 0 bridgehead atoms. The molecule has 1 atom stereocenters. The number of fused-ring (bicyclic) bond motifs is 2. The second-order valence-electron chi connectivity index (χ2n) is 11.0. The SMILES string of the molecule is Cc1ccsc1C[C@H](C)Nc1cc[nH]c(=O)c1C1=Nc2cc3c(cc2C1)C(=O)N(CCN1CCS(=O)(=O)CC1)C3. The summed E-state index contributed by atoms with van der Waals surface area (Å²) in [7, 11) is -2.92. The summed E-state index contributed by atoms with van der Waals surface area (Å²) in [5, 5.41) is 5.63. The topological polar surface area (TPSA) is 115 Å². The third kappa shape index (κ3) is 5.37. The zero-order valence-corrected chi connectivity index (χ0v) is 24.3. The number of carbonyl (C=O) groups excluding carboxylic acids is 1. The Bertz CT molecular complexity index is 1660. The number of aromatic nitrogens is 1. The van der Waals surface area contributed by atoms with Gasteiger partial charge in [-0.05, 0) is 60.2 Å². The van der Waals surface area contributed by atoms with Gasteiger partial charge in [0.25, 0.3) is 11.5 Å². The molecule has 2 aromatic heterocycles. The maximum absolute atomic E-state index is 13.2. The number of hydrogen-bond acceptors (Lipinski definition) is 8. The molecule has 1 aromatic carbocycles. The number of hydrogen-bond donors (Lipinski definition) is 2. The number of aromatic amines is 1. The number of carbonyl (C=O) groups is 1. The number of rotatable bonds is 8. The van der Waals surface area contributed by atoms with Crippen molar-refractivity contribution in [2.24, 2.45) is 4.99 Å². The van der Waals surface area contributed by atoms with Crippen molar-refractivity contribution in [2.75, 3.05) is 43.0 Å². The highest BCUT2D eigenvalue weighted by Gasteiger charge is 2.32. The molecule has 6 rings (SSSR count). The van der Waals surface area contributed by atoms with Crippen LogP contribution in [0.1, 0.15) is 44.4 Å². The van der Waals surface area contributed by atoms with E-state index in [2.05, 4.69) is 40.5 Å². The van der Waals surface area contributed by atoms with Crippen molar-refractivity contribution in [3.8, 4) is 0 Å². The van der Waals surface area contributed by atoms with Crippen molar-refractivity contribution < 1.29 is 13.2 Å². The number of nitrogens with one attached hydrogen (secondary N) is 2. The molecule has 2 N–H and O–H groups in total. The van der Waals surface area contributed by atoms with E-state index in [1.54, 1.807) is 17.5 Å². The predicted octanol–water partition coefficient (Wildman–Crippen LogP) is 3.15. The molecule has 0 spiro atoms. The summed E-state index contributed by atoms with van der Waals surface area (Å²) in [4.78, 5) is 39.1. The Kier molecular flexibility index (Phi) is 7.14. The van der Waals surface area contributed by atoms with E-state index in [1.807, 2.05) is 23.1 Å². The van der Waals surface area contributed by atoms with E-state index in [0.717, 1.165) is 28.9 Å². The first kappa shape index (κ1) is 26.9. The molecule has 1 saturated heterocycles. The lowest BCUT2D eigenvalue weighted by molar-refractivity contribution is 0.0760. The maximum atomic E-state index is 13.2. The normalized spacial score (nSPS) is 18.9. The molecule has 1 amide bonds. The number of nitrogens with zero attached hydrogens (tertiary/aromatic N) is 3. The molecule has 0 radical (unpaired) electrons. The Balaban J connectivity index is 1.16. The van der Waals surface area contributed by atoms with E-state index in [0.29, 0.717) is 56.0 Å². The zero-order chi connectivity index (χ0) is 28.0. The minimum atomic E-state index is -2.92. The molecule has 3 aliphatic heterocycles. The second-order valence-corrected chi connectivity index (χ2v) is 14.3. The largest absolute Gasteiger partial charge is 0.381 e. The van der Waals surface area contributed by atoms with Gasteiger partial charge in [-0.1, -0.05) is 0 Å². The third-order valence-corrected chi connectivity index (χ3v) is 10.7. The van der Waals surface area contributed by atoms with Gasteiger partial charge in [0.15, 0.2) is 9.84 Å². The van der Waals surface area contributed by atoms with Crippen LogP contribution in [0.3, 0.4) is 0 Å². The molecule has 0 saturated carbocycles. The second kappa shape index (κ2) is 10.6. The van der Waals surface area contributed by atoms with Crippen LogP contribution in [-0.4, -0.2) is 78.5 Å². The minimum Gasteiger partial charge on any atom is -0.381 e. The Morgan fingerprint density at radius 3 is 2.67 bits per heavy atom. The highest BCUT2D eigenvalue weighted by atomic mass is 32.2. The molecule has 5 heterocycles. The van der Waals surface area contributed by atoms with Crippen LogP contribution >= 0.6 is 11.3 Å². The average molecular weight is 580 g/mol. The van der Waals surface area contributed by atoms with E-state index in [4.69, 9.17) is 4.99 Å². The van der Waals surface area contributed by atoms with Crippen LogP contribution in [-0.2, 0) is 29.2 Å². The molecule has 11 heteroatoms. The number of aliphatic imine (C=N–C) groups is 1. The number of benzene rings is 1. The summed E-state index contributed by atoms with van der Waals surface area (Å²) in [6.45, 7) is 7.00. The first-order chi connectivity index (χ1) is 19.2. The van der Waals surface area contributed by atoms with Crippen molar-refractivity contribution in [1.29, 1.82) is 0 Å². The number of anilines is 1. The van der Waals surface area contributed by atoms with Crippen LogP contribution < -0.4 is 10.9 Å². The lowest BCUT2D eigenvalue weighted by Crippen LogP contribution is -2.44. The maximum Gasteiger partial charge on any atom is 0.259 e. The summed E-state index contributed by atoms with van der Waals surface area (Å²) in [5.74, 6) is 0.361. The molecule has 3 aromatic rings. The highest BCUT2D eigenvalue weighted by molar-refractivity contribution is 7.91. The van der Waals surface area contributed by atoms with Gasteiger partial charge < -0.3 is 15.2 Å². The number of sulfone groups is 1. The van der Waals surface area contributed by atoms with Crippen molar-refractivity contribution >= 4 is 44.2 Å². The van der Waals surface area contributed by atoms with E-state index in [9.17, 15) is 18.0 Å². The van der Waals surface area contributed by atoms with Crippen molar-refractivity contribution in [2.45, 2.75) is 39.3 Å². The Morgan fingerprint density at radius 2 is 1.93 bits per heavy atom. The van der Waals surface area contributed by atoms with Gasteiger partial charge in [-0.25, -0.2) is 8.42 Å². The van der Waals surface area contributed by atoms with E-state index in [1.165, 1.54) is 10.4 Å². The monoisotopic (exact) mass is 579 g/mol. The van der Waals surface area contributed by atoms with Gasteiger partial charge in [0, 0.05) is 68.2 Å². The quantitative estimate of drug-likeness (QED) is 0.424. The predicted molar refractivity (Wildman–Crippen MR) is 159 cm³/mol. The van der Waals surface area contributed by atoms with Gasteiger partial charge in [0.2, 0.25) is 0 Å². The lowest BCUT2D eigenvalue weighted by Gasteiger charge is -2.28. The summed E-state index contributed by atoms with van der Waals surface area (Å²) >= 11 is 1.75. The summed E-state index contributed by atoms with van der Waals surface area (Å²) in [5.41, 5.74) is 6.49. The molecule has 210 valence electrons. The van der Waals surface area contributed by atoms with E-state index in [-0.39, 0.29) is 29.0 Å². The molecule has 9 nitrogen and oxygen atoms in total. The van der Waals surface area contributed by atoms with Crippen LogP contribution in [0.15, 0.2) is 45.6 Å².